The third kappa shape index (κ3) is 3.73. The SMILES string of the molecule is Cc1cccn2c(=O)c(/C=C3\SC(=S)N(Cc4ccccc4)C3=O)c(N3CCCC3)nc12. The number of hydrogen-bond donors (Lipinski definition) is 0. The molecular formula is C24H22N4O2S2. The van der Waals surface area contributed by atoms with E-state index in [1.165, 1.54) is 11.8 Å². The second-order valence-electron chi connectivity index (χ2n) is 7.99. The van der Waals surface area contributed by atoms with Gasteiger partial charge in [0.05, 0.1) is 17.0 Å². The lowest BCUT2D eigenvalue weighted by Gasteiger charge is -2.20. The van der Waals surface area contributed by atoms with Gasteiger partial charge in [-0.05, 0) is 43.0 Å². The van der Waals surface area contributed by atoms with Crippen molar-refractivity contribution in [2.24, 2.45) is 0 Å². The molecule has 0 spiro atoms. The summed E-state index contributed by atoms with van der Waals surface area (Å²) in [6, 6.07) is 13.5. The van der Waals surface area contributed by atoms with E-state index in [1.54, 1.807) is 21.6 Å². The van der Waals surface area contributed by atoms with Crippen LogP contribution in [0, 0.1) is 6.92 Å². The predicted octanol–water partition coefficient (Wildman–Crippen LogP) is 4.00. The van der Waals surface area contributed by atoms with Gasteiger partial charge < -0.3 is 4.90 Å². The van der Waals surface area contributed by atoms with Crippen molar-refractivity contribution in [2.75, 3.05) is 18.0 Å². The molecule has 0 unspecified atom stereocenters. The molecule has 6 nitrogen and oxygen atoms in total. The third-order valence-corrected chi connectivity index (χ3v) is 7.18. The molecule has 3 aromatic rings. The molecule has 0 bridgehead atoms. The number of thiocarbonyl (C=S) groups is 1. The summed E-state index contributed by atoms with van der Waals surface area (Å²) < 4.78 is 2.06. The molecule has 2 aliphatic heterocycles. The van der Waals surface area contributed by atoms with Crippen molar-refractivity contribution in [2.45, 2.75) is 26.3 Å². The maximum atomic E-state index is 13.5. The molecule has 0 radical (unpaired) electrons. The van der Waals surface area contributed by atoms with Crippen LogP contribution < -0.4 is 10.5 Å². The van der Waals surface area contributed by atoms with Crippen molar-refractivity contribution in [3.8, 4) is 0 Å². The minimum atomic E-state index is -0.176. The van der Waals surface area contributed by atoms with E-state index in [9.17, 15) is 9.59 Å². The number of carbonyl (C=O) groups is 1. The smallest absolute Gasteiger partial charge is 0.267 e. The number of fused-ring (bicyclic) bond motifs is 1. The van der Waals surface area contributed by atoms with E-state index in [0.717, 1.165) is 37.1 Å². The van der Waals surface area contributed by atoms with Crippen LogP contribution in [-0.4, -0.2) is 37.6 Å². The first-order valence-electron chi connectivity index (χ1n) is 10.6. The number of nitrogens with zero attached hydrogens (tertiary/aromatic N) is 4. The van der Waals surface area contributed by atoms with Crippen LogP contribution in [0.3, 0.4) is 0 Å². The molecule has 32 heavy (non-hydrogen) atoms. The lowest BCUT2D eigenvalue weighted by Crippen LogP contribution is -2.28. The molecule has 1 amide bonds. The van der Waals surface area contributed by atoms with Gasteiger partial charge in [-0.15, -0.1) is 0 Å². The highest BCUT2D eigenvalue weighted by Gasteiger charge is 2.33. The second-order valence-corrected chi connectivity index (χ2v) is 9.66. The third-order valence-electron chi connectivity index (χ3n) is 5.80. The Morgan fingerprint density at radius 3 is 2.59 bits per heavy atom. The van der Waals surface area contributed by atoms with E-state index < -0.39 is 0 Å². The van der Waals surface area contributed by atoms with Gasteiger partial charge in [0.15, 0.2) is 0 Å². The Bertz CT molecular complexity index is 1310. The van der Waals surface area contributed by atoms with Crippen LogP contribution in [0.4, 0.5) is 5.82 Å². The van der Waals surface area contributed by atoms with Crippen LogP contribution in [0.5, 0.6) is 0 Å². The number of amides is 1. The number of benzene rings is 1. The van der Waals surface area contributed by atoms with Gasteiger partial charge in [-0.2, -0.15) is 0 Å². The van der Waals surface area contributed by atoms with Gasteiger partial charge in [0.2, 0.25) is 0 Å². The summed E-state index contributed by atoms with van der Waals surface area (Å²) in [6.07, 6.45) is 5.53. The van der Waals surface area contributed by atoms with Crippen LogP contribution in [0.1, 0.15) is 29.5 Å². The number of carbonyl (C=O) groups excluding carboxylic acids is 1. The van der Waals surface area contributed by atoms with Crippen molar-refractivity contribution in [1.29, 1.82) is 0 Å². The maximum Gasteiger partial charge on any atom is 0.267 e. The van der Waals surface area contributed by atoms with Crippen LogP contribution >= 0.6 is 24.0 Å². The Hall–Kier alpha value is -2.97. The van der Waals surface area contributed by atoms with Gasteiger partial charge in [0, 0.05) is 19.3 Å². The topological polar surface area (TPSA) is 57.9 Å². The molecule has 5 rings (SSSR count). The van der Waals surface area contributed by atoms with Crippen LogP contribution in [0.15, 0.2) is 58.4 Å². The van der Waals surface area contributed by atoms with Gasteiger partial charge in [-0.25, -0.2) is 4.98 Å². The number of aryl methyl sites for hydroxylation is 1. The fourth-order valence-electron chi connectivity index (χ4n) is 4.13. The summed E-state index contributed by atoms with van der Waals surface area (Å²) in [5.41, 5.74) is 2.86. The lowest BCUT2D eigenvalue weighted by atomic mass is 10.2. The molecule has 2 aliphatic rings. The fourth-order valence-corrected chi connectivity index (χ4v) is 5.37. The van der Waals surface area contributed by atoms with Gasteiger partial charge >= 0.3 is 0 Å². The average Bonchev–Trinajstić information content (AvgIpc) is 3.42. The first kappa shape index (κ1) is 20.9. The molecule has 8 heteroatoms. The normalized spacial score (nSPS) is 17.8. The van der Waals surface area contributed by atoms with Crippen LogP contribution in [0.25, 0.3) is 11.7 Å². The molecule has 2 fully saturated rings. The highest BCUT2D eigenvalue weighted by molar-refractivity contribution is 8.26. The van der Waals surface area contributed by atoms with Crippen molar-refractivity contribution in [3.05, 3.63) is 80.6 Å². The van der Waals surface area contributed by atoms with E-state index >= 15 is 0 Å². The summed E-state index contributed by atoms with van der Waals surface area (Å²) in [5.74, 6) is 0.472. The van der Waals surface area contributed by atoms with E-state index in [1.807, 2.05) is 49.4 Å². The van der Waals surface area contributed by atoms with Gasteiger partial charge in [-0.3, -0.25) is 18.9 Å². The van der Waals surface area contributed by atoms with Crippen LogP contribution in [-0.2, 0) is 11.3 Å². The Morgan fingerprint density at radius 2 is 1.84 bits per heavy atom. The number of aromatic nitrogens is 2. The van der Waals surface area contributed by atoms with E-state index in [-0.39, 0.29) is 11.5 Å². The quantitative estimate of drug-likeness (QED) is 0.431. The standard InChI is InChI=1S/C24H22N4O2S2/c1-16-8-7-13-27-20(16)25-21(26-11-5-6-12-26)18(22(27)29)14-19-23(30)28(24(31)32-19)15-17-9-3-2-4-10-17/h2-4,7-10,13-14H,5-6,11-12,15H2,1H3/b19-14-. The minimum Gasteiger partial charge on any atom is -0.356 e. The highest BCUT2D eigenvalue weighted by atomic mass is 32.2. The molecule has 1 aromatic carbocycles. The minimum absolute atomic E-state index is 0.172. The van der Waals surface area contributed by atoms with Crippen molar-refractivity contribution in [3.63, 3.8) is 0 Å². The maximum absolute atomic E-state index is 13.5. The number of hydrogen-bond acceptors (Lipinski definition) is 6. The summed E-state index contributed by atoms with van der Waals surface area (Å²) >= 11 is 6.73. The van der Waals surface area contributed by atoms with Crippen molar-refractivity contribution < 1.29 is 4.79 Å². The summed E-state index contributed by atoms with van der Waals surface area (Å²) in [6.45, 7) is 4.06. The van der Waals surface area contributed by atoms with E-state index in [4.69, 9.17) is 17.2 Å². The predicted molar refractivity (Wildman–Crippen MR) is 133 cm³/mol. The van der Waals surface area contributed by atoms with Gasteiger partial charge in [0.25, 0.3) is 11.5 Å². The average molecular weight is 463 g/mol. The summed E-state index contributed by atoms with van der Waals surface area (Å²) in [4.78, 5) is 35.7. The monoisotopic (exact) mass is 462 g/mol. The molecule has 0 N–H and O–H groups in total. The molecular weight excluding hydrogens is 440 g/mol. The molecule has 2 aromatic heterocycles. The van der Waals surface area contributed by atoms with E-state index in [2.05, 4.69) is 4.90 Å². The molecule has 162 valence electrons. The molecule has 4 heterocycles. The van der Waals surface area contributed by atoms with E-state index in [0.29, 0.717) is 32.8 Å². The Morgan fingerprint density at radius 1 is 1.09 bits per heavy atom. The number of anilines is 1. The van der Waals surface area contributed by atoms with Gasteiger partial charge in [-0.1, -0.05) is 60.4 Å². The zero-order valence-electron chi connectivity index (χ0n) is 17.7. The first-order valence-corrected chi connectivity index (χ1v) is 11.8. The molecule has 0 saturated carbocycles. The Labute approximate surface area is 195 Å². The second kappa shape index (κ2) is 8.52. The lowest BCUT2D eigenvalue weighted by molar-refractivity contribution is -0.122. The summed E-state index contributed by atoms with van der Waals surface area (Å²) in [7, 11) is 0. The van der Waals surface area contributed by atoms with Gasteiger partial charge in [0.1, 0.15) is 15.8 Å². The zero-order valence-corrected chi connectivity index (χ0v) is 19.3. The molecule has 2 saturated heterocycles. The molecule has 0 aliphatic carbocycles. The van der Waals surface area contributed by atoms with Crippen molar-refractivity contribution >= 4 is 51.7 Å². The van der Waals surface area contributed by atoms with Crippen molar-refractivity contribution in [1.82, 2.24) is 14.3 Å². The van der Waals surface area contributed by atoms with Crippen LogP contribution in [0.2, 0.25) is 0 Å². The largest absolute Gasteiger partial charge is 0.356 e. The fraction of sp³-hybridized carbons (Fsp3) is 0.250. The number of pyridine rings is 1. The Kier molecular flexibility index (Phi) is 5.57. The summed E-state index contributed by atoms with van der Waals surface area (Å²) in [5, 5.41) is 0. The number of thioether (sulfide) groups is 1. The highest BCUT2D eigenvalue weighted by Crippen LogP contribution is 2.35. The Balaban J connectivity index is 1.59. The zero-order chi connectivity index (χ0) is 22.2. The number of rotatable bonds is 4. The first-order chi connectivity index (χ1) is 15.5. The molecule has 0 atom stereocenters.